The van der Waals surface area contributed by atoms with Crippen molar-refractivity contribution in [3.05, 3.63) is 47.2 Å². The van der Waals surface area contributed by atoms with Gasteiger partial charge in [0.1, 0.15) is 5.82 Å². The van der Waals surface area contributed by atoms with E-state index in [2.05, 4.69) is 58.8 Å². The number of hydrogen-bond donors (Lipinski definition) is 1. The molecule has 0 fully saturated rings. The minimum absolute atomic E-state index is 0.196. The van der Waals surface area contributed by atoms with E-state index in [1.54, 1.807) is 6.07 Å². The first-order chi connectivity index (χ1) is 9.59. The lowest BCUT2D eigenvalue weighted by Gasteiger charge is -2.40. The van der Waals surface area contributed by atoms with Gasteiger partial charge in [0, 0.05) is 11.3 Å². The third-order valence-electron chi connectivity index (χ3n) is 3.47. The van der Waals surface area contributed by atoms with Crippen LogP contribution < -0.4 is 5.32 Å². The molecule has 1 heterocycles. The fourth-order valence-corrected chi connectivity index (χ4v) is 6.00. The van der Waals surface area contributed by atoms with Gasteiger partial charge in [-0.1, -0.05) is 67.7 Å². The number of allylic oxidation sites excluding steroid dienone is 1. The van der Waals surface area contributed by atoms with Gasteiger partial charge in [-0.25, -0.2) is 4.39 Å². The van der Waals surface area contributed by atoms with Crippen LogP contribution in [-0.2, 0) is 0 Å². The maximum absolute atomic E-state index is 13.9. The molecule has 1 aliphatic heterocycles. The third-order valence-corrected chi connectivity index (χ3v) is 6.90. The summed E-state index contributed by atoms with van der Waals surface area (Å²) >= 11 is 0. The molecule has 0 atom stereocenters. The largest absolute Gasteiger partial charge is 0.353 e. The monoisotopic (exact) mass is 305 g/mol. The molecule has 0 radical (unpaired) electrons. The number of fused-ring (bicyclic) bond motifs is 1. The quantitative estimate of drug-likeness (QED) is 0.610. The first kappa shape index (κ1) is 16.2. The predicted octanol–water partition coefficient (Wildman–Crippen LogP) is 6.18. The number of halogens is 1. The van der Waals surface area contributed by atoms with E-state index in [9.17, 15) is 4.39 Å². The van der Waals surface area contributed by atoms with Crippen molar-refractivity contribution in [2.45, 2.75) is 51.9 Å². The first-order valence-corrected chi connectivity index (χ1v) is 8.75. The van der Waals surface area contributed by atoms with Crippen LogP contribution in [0.3, 0.4) is 0 Å². The van der Waals surface area contributed by atoms with Crippen molar-refractivity contribution in [2.75, 3.05) is 5.32 Å². The van der Waals surface area contributed by atoms with Gasteiger partial charge in [0.25, 0.3) is 0 Å². The Labute approximate surface area is 129 Å². The highest BCUT2D eigenvalue weighted by Crippen LogP contribution is 2.61. The van der Waals surface area contributed by atoms with Crippen LogP contribution in [0.4, 0.5) is 10.1 Å². The van der Waals surface area contributed by atoms with Crippen molar-refractivity contribution in [3.8, 4) is 0 Å². The molecule has 1 N–H and O–H groups in total. The van der Waals surface area contributed by atoms with Gasteiger partial charge in [0.05, 0.1) is 5.69 Å². The Bertz CT molecular complexity index is 574. The molecule has 1 aromatic carbocycles. The maximum atomic E-state index is 13.9. The summed E-state index contributed by atoms with van der Waals surface area (Å²) in [7, 11) is -0.363. The second kappa shape index (κ2) is 5.57. The van der Waals surface area contributed by atoms with Gasteiger partial charge in [-0.15, -0.1) is 0 Å². The highest BCUT2D eigenvalue weighted by atomic mass is 31.1. The predicted molar refractivity (Wildman–Crippen MR) is 93.6 cm³/mol. The first-order valence-electron chi connectivity index (χ1n) is 7.34. The van der Waals surface area contributed by atoms with Crippen LogP contribution in [0.5, 0.6) is 0 Å². The summed E-state index contributed by atoms with van der Waals surface area (Å²) in [6.45, 7) is 13.7. The molecule has 0 aliphatic carbocycles. The van der Waals surface area contributed by atoms with Gasteiger partial charge >= 0.3 is 0 Å². The summed E-state index contributed by atoms with van der Waals surface area (Å²) in [6.07, 6.45) is 4.04. The Kier molecular flexibility index (Phi) is 4.31. The molecule has 0 spiro atoms. The number of hydrogen-bond acceptors (Lipinski definition) is 1. The minimum atomic E-state index is -0.363. The van der Waals surface area contributed by atoms with Gasteiger partial charge in [0.15, 0.2) is 0 Å². The fraction of sp³-hybridized carbons (Fsp3) is 0.444. The summed E-state index contributed by atoms with van der Waals surface area (Å²) in [6, 6.07) is 5.17. The lowest BCUT2D eigenvalue weighted by Crippen LogP contribution is -2.24. The lowest BCUT2D eigenvalue weighted by molar-refractivity contribution is 0.631. The molecule has 0 saturated heterocycles. The van der Waals surface area contributed by atoms with Crippen molar-refractivity contribution in [3.63, 3.8) is 0 Å². The van der Waals surface area contributed by atoms with E-state index in [0.29, 0.717) is 5.69 Å². The Morgan fingerprint density at radius 1 is 1.00 bits per heavy atom. The molecule has 114 valence electrons. The SMILES string of the molecule is CC(C)(C)P(/C=C1\C=Cc2cccc(F)c2N1)C(C)(C)C. The van der Waals surface area contributed by atoms with E-state index >= 15 is 0 Å². The van der Waals surface area contributed by atoms with Gasteiger partial charge in [-0.3, -0.25) is 0 Å². The summed E-state index contributed by atoms with van der Waals surface area (Å²) in [4.78, 5) is 0. The van der Waals surface area contributed by atoms with E-state index in [0.717, 1.165) is 11.3 Å². The van der Waals surface area contributed by atoms with Crippen LogP contribution in [0.15, 0.2) is 35.8 Å². The van der Waals surface area contributed by atoms with Crippen LogP contribution >= 0.6 is 7.92 Å². The van der Waals surface area contributed by atoms with Crippen molar-refractivity contribution in [2.24, 2.45) is 0 Å². The minimum Gasteiger partial charge on any atom is -0.353 e. The molecule has 0 bridgehead atoms. The number of anilines is 1. The topological polar surface area (TPSA) is 12.0 Å². The molecule has 1 aromatic rings. The number of para-hydroxylation sites is 1. The zero-order valence-electron chi connectivity index (χ0n) is 13.8. The molecule has 0 amide bonds. The summed E-state index contributed by atoms with van der Waals surface area (Å²) in [5.41, 5.74) is 2.50. The average molecular weight is 305 g/mol. The smallest absolute Gasteiger partial charge is 0.147 e. The molecule has 1 nitrogen and oxygen atoms in total. The Morgan fingerprint density at radius 3 is 2.19 bits per heavy atom. The molecule has 3 heteroatoms. The lowest BCUT2D eigenvalue weighted by atomic mass is 10.1. The van der Waals surface area contributed by atoms with Crippen molar-refractivity contribution >= 4 is 19.7 Å². The normalized spacial score (nSPS) is 17.0. The van der Waals surface area contributed by atoms with Crippen LogP contribution in [0, 0.1) is 5.82 Å². The van der Waals surface area contributed by atoms with Crippen LogP contribution in [0.2, 0.25) is 0 Å². The van der Waals surface area contributed by atoms with E-state index in [-0.39, 0.29) is 24.1 Å². The van der Waals surface area contributed by atoms with E-state index in [1.807, 2.05) is 12.1 Å². The number of nitrogens with one attached hydrogen (secondary N) is 1. The van der Waals surface area contributed by atoms with Gasteiger partial charge in [-0.05, 0) is 28.3 Å². The molecule has 0 saturated carbocycles. The number of rotatable bonds is 1. The molecule has 2 rings (SSSR count). The average Bonchev–Trinajstić information content (AvgIpc) is 2.34. The number of benzene rings is 1. The van der Waals surface area contributed by atoms with Crippen LogP contribution in [0.1, 0.15) is 47.1 Å². The van der Waals surface area contributed by atoms with Crippen molar-refractivity contribution < 1.29 is 4.39 Å². The summed E-state index contributed by atoms with van der Waals surface area (Å²) in [5, 5.41) is 3.68. The third kappa shape index (κ3) is 3.74. The zero-order valence-corrected chi connectivity index (χ0v) is 14.7. The van der Waals surface area contributed by atoms with E-state index < -0.39 is 0 Å². The highest BCUT2D eigenvalue weighted by molar-refractivity contribution is 7.64. The molecular formula is C18H25FNP. The van der Waals surface area contributed by atoms with E-state index in [4.69, 9.17) is 0 Å². The Hall–Kier alpha value is -1.14. The molecule has 0 aromatic heterocycles. The Balaban J connectivity index is 2.37. The Morgan fingerprint density at radius 2 is 1.62 bits per heavy atom. The maximum Gasteiger partial charge on any atom is 0.147 e. The fourth-order valence-electron chi connectivity index (χ4n) is 2.79. The zero-order chi connectivity index (χ0) is 15.8. The molecule has 21 heavy (non-hydrogen) atoms. The van der Waals surface area contributed by atoms with Crippen LogP contribution in [0.25, 0.3) is 6.08 Å². The summed E-state index contributed by atoms with van der Waals surface area (Å²) < 4.78 is 13.9. The van der Waals surface area contributed by atoms with E-state index in [1.165, 1.54) is 6.07 Å². The molecular weight excluding hydrogens is 280 g/mol. The van der Waals surface area contributed by atoms with Crippen LogP contribution in [-0.4, -0.2) is 10.3 Å². The van der Waals surface area contributed by atoms with Crippen molar-refractivity contribution in [1.29, 1.82) is 0 Å². The van der Waals surface area contributed by atoms with Crippen molar-refractivity contribution in [1.82, 2.24) is 0 Å². The van der Waals surface area contributed by atoms with Gasteiger partial charge < -0.3 is 5.32 Å². The second-order valence-corrected chi connectivity index (χ2v) is 11.1. The van der Waals surface area contributed by atoms with Gasteiger partial charge in [-0.2, -0.15) is 0 Å². The van der Waals surface area contributed by atoms with Gasteiger partial charge in [0.2, 0.25) is 0 Å². The second-order valence-electron chi connectivity index (χ2n) is 7.46. The molecule has 1 aliphatic rings. The highest BCUT2D eigenvalue weighted by Gasteiger charge is 2.33. The molecule has 0 unspecified atom stereocenters. The summed E-state index contributed by atoms with van der Waals surface area (Å²) in [5.74, 6) is 2.11. The standard InChI is InChI=1S/C18H25FNP/c1-17(2,3)21(18(4,5)6)12-14-11-10-13-8-7-9-15(19)16(13)20-14/h7-12,20H,1-6H3/b14-12+.